The average molecular weight is 185 g/mol. The second-order valence-electron chi connectivity index (χ2n) is 4.51. The van der Waals surface area contributed by atoms with Crippen molar-refractivity contribution < 1.29 is 0 Å². The normalized spacial score (nSPS) is 20.8. The summed E-state index contributed by atoms with van der Waals surface area (Å²) in [5.41, 5.74) is 0. The highest BCUT2D eigenvalue weighted by Gasteiger charge is 2.18. The Hall–Kier alpha value is -0.0400. The quantitative estimate of drug-likeness (QED) is 0.668. The first kappa shape index (κ1) is 13.0. The summed E-state index contributed by atoms with van der Waals surface area (Å²) in [7, 11) is 0. The maximum atomic E-state index is 3.64. The van der Waals surface area contributed by atoms with Crippen LogP contribution in [0.25, 0.3) is 0 Å². The Kier molecular flexibility index (Phi) is 6.40. The summed E-state index contributed by atoms with van der Waals surface area (Å²) >= 11 is 0. The standard InChI is InChI=1S/C12H27N/c1-7-9(3)11(5)12(6)13-10(4)8-2/h9-13H,7-8H2,1-6H3/t9?,10-,11?,12?/m1/s1. The predicted octanol–water partition coefficient (Wildman–Crippen LogP) is 3.45. The van der Waals surface area contributed by atoms with Crippen molar-refractivity contribution >= 4 is 0 Å². The van der Waals surface area contributed by atoms with Gasteiger partial charge in [-0.15, -0.1) is 0 Å². The number of hydrogen-bond donors (Lipinski definition) is 1. The van der Waals surface area contributed by atoms with Gasteiger partial charge in [0, 0.05) is 12.1 Å². The Morgan fingerprint density at radius 3 is 1.85 bits per heavy atom. The van der Waals surface area contributed by atoms with Gasteiger partial charge >= 0.3 is 0 Å². The number of nitrogens with one attached hydrogen (secondary N) is 1. The van der Waals surface area contributed by atoms with Crippen LogP contribution in [0.5, 0.6) is 0 Å². The van der Waals surface area contributed by atoms with Crippen LogP contribution in [0.2, 0.25) is 0 Å². The van der Waals surface area contributed by atoms with Crippen LogP contribution in [0.4, 0.5) is 0 Å². The molecule has 0 amide bonds. The van der Waals surface area contributed by atoms with Gasteiger partial charge in [0.2, 0.25) is 0 Å². The number of rotatable bonds is 6. The van der Waals surface area contributed by atoms with Crippen molar-refractivity contribution in [2.75, 3.05) is 0 Å². The Balaban J connectivity index is 3.87. The van der Waals surface area contributed by atoms with Crippen LogP contribution in [0.3, 0.4) is 0 Å². The fourth-order valence-corrected chi connectivity index (χ4v) is 1.58. The Labute approximate surface area is 84.3 Å². The molecule has 0 aromatic carbocycles. The molecule has 0 saturated heterocycles. The van der Waals surface area contributed by atoms with E-state index < -0.39 is 0 Å². The lowest BCUT2D eigenvalue weighted by Gasteiger charge is -2.28. The third-order valence-corrected chi connectivity index (χ3v) is 3.49. The highest BCUT2D eigenvalue weighted by Crippen LogP contribution is 2.18. The lowest BCUT2D eigenvalue weighted by atomic mass is 9.87. The molecule has 0 rings (SSSR count). The SMILES string of the molecule is CCC(C)C(C)C(C)N[C@H](C)CC. The summed E-state index contributed by atoms with van der Waals surface area (Å²) in [5, 5.41) is 3.64. The van der Waals surface area contributed by atoms with E-state index in [1.807, 2.05) is 0 Å². The van der Waals surface area contributed by atoms with E-state index in [4.69, 9.17) is 0 Å². The van der Waals surface area contributed by atoms with Gasteiger partial charge in [-0.1, -0.05) is 34.1 Å². The molecule has 0 radical (unpaired) electrons. The van der Waals surface area contributed by atoms with Crippen molar-refractivity contribution in [3.63, 3.8) is 0 Å². The molecular formula is C12H27N. The first-order chi connectivity index (χ1) is 6.02. The molecule has 80 valence electrons. The first-order valence-electron chi connectivity index (χ1n) is 5.78. The molecule has 0 bridgehead atoms. The first-order valence-corrected chi connectivity index (χ1v) is 5.78. The Morgan fingerprint density at radius 2 is 1.46 bits per heavy atom. The van der Waals surface area contributed by atoms with Gasteiger partial charge in [0.25, 0.3) is 0 Å². The molecule has 0 aliphatic rings. The van der Waals surface area contributed by atoms with Gasteiger partial charge in [-0.25, -0.2) is 0 Å². The van der Waals surface area contributed by atoms with Crippen LogP contribution < -0.4 is 5.32 Å². The van der Waals surface area contributed by atoms with E-state index in [0.29, 0.717) is 12.1 Å². The zero-order valence-corrected chi connectivity index (χ0v) is 10.2. The molecule has 0 saturated carbocycles. The summed E-state index contributed by atoms with van der Waals surface area (Å²) in [6.07, 6.45) is 2.51. The highest BCUT2D eigenvalue weighted by molar-refractivity contribution is 4.74. The second kappa shape index (κ2) is 6.42. The summed E-state index contributed by atoms with van der Waals surface area (Å²) in [6, 6.07) is 1.30. The van der Waals surface area contributed by atoms with Crippen LogP contribution in [-0.2, 0) is 0 Å². The lowest BCUT2D eigenvalue weighted by molar-refractivity contribution is 0.273. The van der Waals surface area contributed by atoms with E-state index in [1.165, 1.54) is 12.8 Å². The van der Waals surface area contributed by atoms with Gasteiger partial charge < -0.3 is 5.32 Å². The molecule has 13 heavy (non-hydrogen) atoms. The molecule has 3 unspecified atom stereocenters. The minimum atomic E-state index is 0.643. The van der Waals surface area contributed by atoms with Gasteiger partial charge in [-0.3, -0.25) is 0 Å². The van der Waals surface area contributed by atoms with Crippen molar-refractivity contribution in [3.05, 3.63) is 0 Å². The fourth-order valence-electron chi connectivity index (χ4n) is 1.58. The summed E-state index contributed by atoms with van der Waals surface area (Å²) in [5.74, 6) is 1.60. The maximum absolute atomic E-state index is 3.64. The van der Waals surface area contributed by atoms with Crippen molar-refractivity contribution in [1.82, 2.24) is 5.32 Å². The number of hydrogen-bond acceptors (Lipinski definition) is 1. The lowest BCUT2D eigenvalue weighted by Crippen LogP contribution is -2.40. The van der Waals surface area contributed by atoms with Crippen molar-refractivity contribution in [2.24, 2.45) is 11.8 Å². The van der Waals surface area contributed by atoms with Crippen LogP contribution >= 0.6 is 0 Å². The third-order valence-electron chi connectivity index (χ3n) is 3.49. The predicted molar refractivity (Wildman–Crippen MR) is 61.0 cm³/mol. The molecular weight excluding hydrogens is 158 g/mol. The van der Waals surface area contributed by atoms with Crippen molar-refractivity contribution in [1.29, 1.82) is 0 Å². The topological polar surface area (TPSA) is 12.0 Å². The van der Waals surface area contributed by atoms with E-state index in [9.17, 15) is 0 Å². The molecule has 1 heteroatoms. The largest absolute Gasteiger partial charge is 0.312 e. The Morgan fingerprint density at radius 1 is 0.923 bits per heavy atom. The minimum absolute atomic E-state index is 0.643. The van der Waals surface area contributed by atoms with E-state index in [2.05, 4.69) is 46.9 Å². The van der Waals surface area contributed by atoms with Gasteiger partial charge in [-0.05, 0) is 32.1 Å². The highest BCUT2D eigenvalue weighted by atomic mass is 14.9. The van der Waals surface area contributed by atoms with Crippen LogP contribution in [-0.4, -0.2) is 12.1 Å². The van der Waals surface area contributed by atoms with E-state index >= 15 is 0 Å². The smallest absolute Gasteiger partial charge is 0.00693 e. The molecule has 0 aromatic rings. The third kappa shape index (κ3) is 4.66. The van der Waals surface area contributed by atoms with E-state index in [1.54, 1.807) is 0 Å². The van der Waals surface area contributed by atoms with Gasteiger partial charge in [0.1, 0.15) is 0 Å². The van der Waals surface area contributed by atoms with Crippen LogP contribution in [0.15, 0.2) is 0 Å². The van der Waals surface area contributed by atoms with Gasteiger partial charge in [-0.2, -0.15) is 0 Å². The monoisotopic (exact) mass is 185 g/mol. The second-order valence-corrected chi connectivity index (χ2v) is 4.51. The molecule has 1 nitrogen and oxygen atoms in total. The molecule has 4 atom stereocenters. The van der Waals surface area contributed by atoms with Gasteiger partial charge in [0.05, 0.1) is 0 Å². The molecule has 0 fully saturated rings. The van der Waals surface area contributed by atoms with E-state index in [0.717, 1.165) is 11.8 Å². The molecule has 0 aliphatic heterocycles. The van der Waals surface area contributed by atoms with Gasteiger partial charge in [0.15, 0.2) is 0 Å². The molecule has 0 aromatic heterocycles. The summed E-state index contributed by atoms with van der Waals surface area (Å²) < 4.78 is 0. The molecule has 0 aliphatic carbocycles. The molecule has 0 spiro atoms. The van der Waals surface area contributed by atoms with Crippen molar-refractivity contribution in [3.8, 4) is 0 Å². The van der Waals surface area contributed by atoms with Crippen LogP contribution in [0, 0.1) is 11.8 Å². The summed E-state index contributed by atoms with van der Waals surface area (Å²) in [6.45, 7) is 13.8. The Bertz CT molecular complexity index is 122. The summed E-state index contributed by atoms with van der Waals surface area (Å²) in [4.78, 5) is 0. The fraction of sp³-hybridized carbons (Fsp3) is 1.00. The average Bonchev–Trinajstić information content (AvgIpc) is 2.14. The van der Waals surface area contributed by atoms with E-state index in [-0.39, 0.29) is 0 Å². The van der Waals surface area contributed by atoms with Crippen molar-refractivity contribution in [2.45, 2.75) is 66.5 Å². The molecule has 1 N–H and O–H groups in total. The minimum Gasteiger partial charge on any atom is -0.312 e. The van der Waals surface area contributed by atoms with Crippen LogP contribution in [0.1, 0.15) is 54.4 Å². The zero-order valence-electron chi connectivity index (χ0n) is 10.2. The maximum Gasteiger partial charge on any atom is 0.00693 e. The zero-order chi connectivity index (χ0) is 10.4. The molecule has 0 heterocycles.